The van der Waals surface area contributed by atoms with Crippen LogP contribution in [0.5, 0.6) is 0 Å². The van der Waals surface area contributed by atoms with E-state index in [9.17, 15) is 18.4 Å². The Labute approximate surface area is 108 Å². The van der Waals surface area contributed by atoms with E-state index in [1.165, 1.54) is 12.1 Å². The highest BCUT2D eigenvalue weighted by Gasteiger charge is 2.23. The zero-order chi connectivity index (χ0) is 14.6. The summed E-state index contributed by atoms with van der Waals surface area (Å²) in [5, 5.41) is 13.1. The monoisotopic (exact) mass is 272 g/mol. The first-order valence-corrected chi connectivity index (χ1v) is 5.57. The number of amides is 2. The molecular weight excluding hydrogens is 258 g/mol. The molecule has 0 unspecified atom stereocenters. The third-order valence-electron chi connectivity index (χ3n) is 2.42. The number of aliphatic carboxylic acids is 1. The van der Waals surface area contributed by atoms with Gasteiger partial charge in [-0.05, 0) is 18.1 Å². The molecular formula is C12H14F2N2O3. The van der Waals surface area contributed by atoms with Crippen LogP contribution in [0.3, 0.4) is 0 Å². The average molecular weight is 272 g/mol. The van der Waals surface area contributed by atoms with Gasteiger partial charge in [0, 0.05) is 0 Å². The lowest BCUT2D eigenvalue weighted by molar-refractivity contribution is -0.140. The van der Waals surface area contributed by atoms with Crippen molar-refractivity contribution >= 4 is 17.7 Å². The molecule has 0 aliphatic rings. The molecule has 0 spiro atoms. The molecule has 0 aromatic heterocycles. The summed E-state index contributed by atoms with van der Waals surface area (Å²) < 4.78 is 26.2. The van der Waals surface area contributed by atoms with Crippen molar-refractivity contribution in [3.63, 3.8) is 0 Å². The Morgan fingerprint density at radius 2 is 1.89 bits per heavy atom. The second-order valence-electron chi connectivity index (χ2n) is 4.26. The molecule has 1 aromatic rings. The molecule has 0 aliphatic heterocycles. The van der Waals surface area contributed by atoms with E-state index in [1.807, 2.05) is 0 Å². The molecule has 3 N–H and O–H groups in total. The molecule has 2 amide bonds. The molecule has 0 saturated heterocycles. The van der Waals surface area contributed by atoms with Gasteiger partial charge >= 0.3 is 12.0 Å². The van der Waals surface area contributed by atoms with Crippen LogP contribution >= 0.6 is 0 Å². The number of halogens is 2. The van der Waals surface area contributed by atoms with E-state index >= 15 is 0 Å². The lowest BCUT2D eigenvalue weighted by Gasteiger charge is -2.18. The van der Waals surface area contributed by atoms with Gasteiger partial charge in [-0.15, -0.1) is 0 Å². The average Bonchev–Trinajstić information content (AvgIpc) is 2.31. The van der Waals surface area contributed by atoms with Gasteiger partial charge in [-0.25, -0.2) is 18.4 Å². The first-order chi connectivity index (χ1) is 8.82. The van der Waals surface area contributed by atoms with Crippen LogP contribution in [0.15, 0.2) is 18.2 Å². The van der Waals surface area contributed by atoms with Crippen molar-refractivity contribution in [1.82, 2.24) is 5.32 Å². The molecule has 0 saturated carbocycles. The molecule has 1 rings (SSSR count). The van der Waals surface area contributed by atoms with Crippen molar-refractivity contribution in [1.29, 1.82) is 0 Å². The number of benzene rings is 1. The van der Waals surface area contributed by atoms with E-state index in [-0.39, 0.29) is 11.6 Å². The Hall–Kier alpha value is -2.18. The van der Waals surface area contributed by atoms with Crippen LogP contribution in [-0.4, -0.2) is 23.1 Å². The fourth-order valence-electron chi connectivity index (χ4n) is 1.41. The number of carbonyl (C=O) groups excluding carboxylic acids is 1. The summed E-state index contributed by atoms with van der Waals surface area (Å²) in [5.74, 6) is -3.85. The molecule has 19 heavy (non-hydrogen) atoms. The van der Waals surface area contributed by atoms with E-state index in [4.69, 9.17) is 5.11 Å². The Bertz CT molecular complexity index is 492. The van der Waals surface area contributed by atoms with Crippen LogP contribution in [0.2, 0.25) is 0 Å². The summed E-state index contributed by atoms with van der Waals surface area (Å²) in [7, 11) is 0. The number of anilines is 1. The number of urea groups is 1. The number of carboxylic acid groups (broad SMARTS) is 1. The van der Waals surface area contributed by atoms with E-state index < -0.39 is 29.7 Å². The number of carboxylic acids is 1. The van der Waals surface area contributed by atoms with Crippen LogP contribution in [0.25, 0.3) is 0 Å². The van der Waals surface area contributed by atoms with Crippen molar-refractivity contribution < 1.29 is 23.5 Å². The van der Waals surface area contributed by atoms with Gasteiger partial charge in [0.2, 0.25) is 0 Å². The lowest BCUT2D eigenvalue weighted by Crippen LogP contribution is -2.46. The highest BCUT2D eigenvalue weighted by Crippen LogP contribution is 2.16. The van der Waals surface area contributed by atoms with Crippen molar-refractivity contribution in [2.75, 3.05) is 5.32 Å². The molecule has 0 aliphatic carbocycles. The summed E-state index contributed by atoms with van der Waals surface area (Å²) >= 11 is 0. The topological polar surface area (TPSA) is 78.4 Å². The van der Waals surface area contributed by atoms with Gasteiger partial charge in [0.05, 0.1) is 5.69 Å². The van der Waals surface area contributed by atoms with Crippen molar-refractivity contribution in [2.45, 2.75) is 19.9 Å². The largest absolute Gasteiger partial charge is 0.480 e. The third kappa shape index (κ3) is 3.90. The Balaban J connectivity index is 2.75. The van der Waals surface area contributed by atoms with Crippen molar-refractivity contribution in [3.8, 4) is 0 Å². The molecule has 1 aromatic carbocycles. The van der Waals surface area contributed by atoms with Crippen LogP contribution < -0.4 is 10.6 Å². The van der Waals surface area contributed by atoms with E-state index in [0.717, 1.165) is 6.07 Å². The standard InChI is InChI=1S/C12H14F2N2O3/c1-6(2)10(11(17)18)16-12(19)15-8-5-3-4-7(13)9(8)14/h3-6,10H,1-2H3,(H,17,18)(H2,15,16,19)/t10-/m1/s1. The van der Waals surface area contributed by atoms with Crippen LogP contribution in [-0.2, 0) is 4.79 Å². The van der Waals surface area contributed by atoms with Crippen LogP contribution in [0, 0.1) is 17.6 Å². The van der Waals surface area contributed by atoms with E-state index in [2.05, 4.69) is 10.6 Å². The molecule has 0 fully saturated rings. The maximum absolute atomic E-state index is 13.3. The summed E-state index contributed by atoms with van der Waals surface area (Å²) in [6, 6.07) is 1.28. The van der Waals surface area contributed by atoms with E-state index in [0.29, 0.717) is 0 Å². The first kappa shape index (κ1) is 14.9. The minimum Gasteiger partial charge on any atom is -0.480 e. The van der Waals surface area contributed by atoms with Gasteiger partial charge in [-0.2, -0.15) is 0 Å². The van der Waals surface area contributed by atoms with Gasteiger partial charge in [-0.1, -0.05) is 19.9 Å². The molecule has 0 radical (unpaired) electrons. The number of hydrogen-bond acceptors (Lipinski definition) is 2. The summed E-state index contributed by atoms with van der Waals surface area (Å²) in [4.78, 5) is 22.4. The highest BCUT2D eigenvalue weighted by molar-refractivity contribution is 5.92. The van der Waals surface area contributed by atoms with Crippen molar-refractivity contribution in [2.24, 2.45) is 5.92 Å². The van der Waals surface area contributed by atoms with Gasteiger partial charge in [-0.3, -0.25) is 0 Å². The smallest absolute Gasteiger partial charge is 0.326 e. The quantitative estimate of drug-likeness (QED) is 0.786. The fraction of sp³-hybridized carbons (Fsp3) is 0.333. The Kier molecular flexibility index (Phi) is 4.80. The Morgan fingerprint density at radius 3 is 2.42 bits per heavy atom. The van der Waals surface area contributed by atoms with Gasteiger partial charge in [0.25, 0.3) is 0 Å². The van der Waals surface area contributed by atoms with Gasteiger partial charge in [0.15, 0.2) is 11.6 Å². The highest BCUT2D eigenvalue weighted by atomic mass is 19.2. The summed E-state index contributed by atoms with van der Waals surface area (Å²) in [6.07, 6.45) is 0. The summed E-state index contributed by atoms with van der Waals surface area (Å²) in [6.45, 7) is 3.23. The van der Waals surface area contributed by atoms with Crippen LogP contribution in [0.4, 0.5) is 19.3 Å². The first-order valence-electron chi connectivity index (χ1n) is 5.57. The molecule has 1 atom stereocenters. The minimum absolute atomic E-state index is 0.347. The molecule has 0 bridgehead atoms. The number of carbonyl (C=O) groups is 2. The maximum atomic E-state index is 13.3. The number of rotatable bonds is 4. The molecule has 104 valence electrons. The maximum Gasteiger partial charge on any atom is 0.326 e. The van der Waals surface area contributed by atoms with E-state index in [1.54, 1.807) is 13.8 Å². The number of nitrogens with one attached hydrogen (secondary N) is 2. The van der Waals surface area contributed by atoms with Crippen LogP contribution in [0.1, 0.15) is 13.8 Å². The molecule has 5 nitrogen and oxygen atoms in total. The third-order valence-corrected chi connectivity index (χ3v) is 2.42. The minimum atomic E-state index is -1.20. The second-order valence-corrected chi connectivity index (χ2v) is 4.26. The SMILES string of the molecule is CC(C)[C@@H](NC(=O)Nc1cccc(F)c1F)C(=O)O. The van der Waals surface area contributed by atoms with Gasteiger partial charge in [0.1, 0.15) is 6.04 Å². The summed E-state index contributed by atoms with van der Waals surface area (Å²) in [5.41, 5.74) is -0.356. The predicted molar refractivity (Wildman–Crippen MR) is 64.8 cm³/mol. The Morgan fingerprint density at radius 1 is 1.26 bits per heavy atom. The zero-order valence-electron chi connectivity index (χ0n) is 10.4. The number of hydrogen-bond donors (Lipinski definition) is 3. The molecule has 0 heterocycles. The predicted octanol–water partition coefficient (Wildman–Crippen LogP) is 2.20. The fourth-order valence-corrected chi connectivity index (χ4v) is 1.41. The van der Waals surface area contributed by atoms with Gasteiger partial charge < -0.3 is 15.7 Å². The lowest BCUT2D eigenvalue weighted by atomic mass is 10.1. The molecule has 7 heteroatoms. The second kappa shape index (κ2) is 6.12. The zero-order valence-corrected chi connectivity index (χ0v) is 10.4. The van der Waals surface area contributed by atoms with Crippen molar-refractivity contribution in [3.05, 3.63) is 29.8 Å². The normalized spacial score (nSPS) is 12.1.